The molecule has 2 N–H and O–H groups in total. The predicted molar refractivity (Wildman–Crippen MR) is 124 cm³/mol. The minimum atomic E-state index is -0.488. The first-order valence-electron chi connectivity index (χ1n) is 10.1. The van der Waals surface area contributed by atoms with Crippen LogP contribution in [0.3, 0.4) is 0 Å². The van der Waals surface area contributed by atoms with Crippen molar-refractivity contribution in [2.45, 2.75) is 45.8 Å². The van der Waals surface area contributed by atoms with Crippen molar-refractivity contribution in [1.82, 2.24) is 20.4 Å². The quantitative estimate of drug-likeness (QED) is 0.445. The number of ether oxygens (including phenoxy) is 1. The van der Waals surface area contributed by atoms with Crippen LogP contribution in [-0.2, 0) is 4.74 Å². The average molecular weight is 533 g/mol. The highest BCUT2D eigenvalue weighted by atomic mass is 127. The molecule has 2 aliphatic heterocycles. The summed E-state index contributed by atoms with van der Waals surface area (Å²) in [6.45, 7) is 11.3. The zero-order chi connectivity index (χ0) is 21.0. The van der Waals surface area contributed by atoms with E-state index in [0.29, 0.717) is 38.5 Å². The number of carbonyl (C=O) groups is 2. The van der Waals surface area contributed by atoms with Gasteiger partial charge in [-0.3, -0.25) is 9.79 Å². The third kappa shape index (κ3) is 6.26. The van der Waals surface area contributed by atoms with Crippen molar-refractivity contribution >= 4 is 41.9 Å². The topological polar surface area (TPSA) is 99.4 Å². The molecule has 3 rings (SSSR count). The lowest BCUT2D eigenvalue weighted by Gasteiger charge is -2.39. The molecule has 2 amide bonds. The first kappa shape index (κ1) is 24.3. The molecule has 0 aliphatic carbocycles. The number of hydrogen-bond donors (Lipinski definition) is 2. The summed E-state index contributed by atoms with van der Waals surface area (Å²) in [4.78, 5) is 32.8. The van der Waals surface area contributed by atoms with E-state index >= 15 is 0 Å². The Kier molecular flexibility index (Phi) is 8.39. The molecule has 0 bridgehead atoms. The summed E-state index contributed by atoms with van der Waals surface area (Å²) in [5, 5.41) is 6.21. The van der Waals surface area contributed by atoms with Crippen molar-refractivity contribution in [2.75, 3.05) is 39.3 Å². The lowest BCUT2D eigenvalue weighted by molar-refractivity contribution is 0.0137. The van der Waals surface area contributed by atoms with Crippen LogP contribution in [0.15, 0.2) is 21.7 Å². The zero-order valence-corrected chi connectivity index (χ0v) is 20.4. The molecule has 0 radical (unpaired) electrons. The normalized spacial score (nSPS) is 18.3. The number of piperazine rings is 1. The number of carbonyl (C=O) groups excluding carboxylic acids is 2. The number of aryl methyl sites for hydroxylation is 1. The largest absolute Gasteiger partial charge is 0.459 e. The maximum absolute atomic E-state index is 12.3. The third-order valence-corrected chi connectivity index (χ3v) is 4.85. The van der Waals surface area contributed by atoms with Gasteiger partial charge in [-0.05, 0) is 40.2 Å². The van der Waals surface area contributed by atoms with Gasteiger partial charge in [0.2, 0.25) is 0 Å². The van der Waals surface area contributed by atoms with E-state index in [1.165, 1.54) is 6.26 Å². The lowest BCUT2D eigenvalue weighted by atomic mass is 10.2. The van der Waals surface area contributed by atoms with E-state index in [2.05, 4.69) is 20.5 Å². The molecule has 1 aromatic rings. The number of guanidine groups is 1. The molecule has 1 unspecified atom stereocenters. The van der Waals surface area contributed by atoms with Gasteiger partial charge in [0, 0.05) is 38.3 Å². The molecule has 1 saturated heterocycles. The fourth-order valence-corrected chi connectivity index (χ4v) is 3.40. The molecular weight excluding hydrogens is 501 g/mol. The summed E-state index contributed by atoms with van der Waals surface area (Å²) in [5.74, 6) is 1.04. The number of nitrogens with zero attached hydrogens (tertiary/aromatic N) is 3. The number of aliphatic imine (C=N–C) groups is 1. The van der Waals surface area contributed by atoms with Crippen LogP contribution in [-0.4, -0.2) is 78.7 Å². The monoisotopic (exact) mass is 533 g/mol. The van der Waals surface area contributed by atoms with Gasteiger partial charge >= 0.3 is 6.09 Å². The Hall–Kier alpha value is -1.98. The fraction of sp³-hybridized carbons (Fsp3) is 0.650. The highest BCUT2D eigenvalue weighted by Crippen LogP contribution is 2.18. The Labute approximate surface area is 194 Å². The summed E-state index contributed by atoms with van der Waals surface area (Å²) >= 11 is 0. The third-order valence-electron chi connectivity index (χ3n) is 4.85. The molecule has 0 aromatic carbocycles. The second-order valence-electron chi connectivity index (χ2n) is 8.41. The maximum atomic E-state index is 12.3. The van der Waals surface area contributed by atoms with Crippen molar-refractivity contribution in [3.05, 3.63) is 23.7 Å². The highest BCUT2D eigenvalue weighted by molar-refractivity contribution is 14.0. The molecule has 1 atom stereocenters. The number of rotatable bonds is 5. The number of halogens is 1. The van der Waals surface area contributed by atoms with Crippen LogP contribution in [0.4, 0.5) is 4.79 Å². The first-order chi connectivity index (χ1) is 13.7. The first-order valence-corrected chi connectivity index (χ1v) is 10.1. The van der Waals surface area contributed by atoms with Crippen LogP contribution in [0.25, 0.3) is 0 Å². The molecule has 30 heavy (non-hydrogen) atoms. The van der Waals surface area contributed by atoms with Gasteiger partial charge < -0.3 is 29.6 Å². The number of amides is 2. The molecule has 9 nitrogen and oxygen atoms in total. The Morgan fingerprint density at radius 3 is 2.73 bits per heavy atom. The SMILES string of the molecule is Cc1ccoc1C(=O)NCCCNC1=NCC2CN(C(=O)OC(C)(C)C)CCN12.I. The van der Waals surface area contributed by atoms with Crippen LogP contribution in [0.2, 0.25) is 0 Å². The summed E-state index contributed by atoms with van der Waals surface area (Å²) in [7, 11) is 0. The van der Waals surface area contributed by atoms with Gasteiger partial charge in [-0.15, -0.1) is 24.0 Å². The van der Waals surface area contributed by atoms with Crippen molar-refractivity contribution in [3.8, 4) is 0 Å². The molecule has 3 heterocycles. The molecule has 1 aromatic heterocycles. The van der Waals surface area contributed by atoms with Gasteiger partial charge in [0.15, 0.2) is 11.7 Å². The highest BCUT2D eigenvalue weighted by Gasteiger charge is 2.36. The predicted octanol–water partition coefficient (Wildman–Crippen LogP) is 2.21. The standard InChI is InChI=1S/C20H31N5O4.HI/c1-14-6-11-28-16(14)17(26)21-7-5-8-22-18-23-12-15-13-24(9-10-25(15)18)19(27)29-20(2,3)4;/h6,11,15H,5,7-10,12-13H2,1-4H3,(H,21,26)(H,22,23);1H. The van der Waals surface area contributed by atoms with Crippen molar-refractivity contribution < 1.29 is 18.7 Å². The minimum Gasteiger partial charge on any atom is -0.459 e. The molecule has 10 heteroatoms. The molecular formula is C20H32IN5O4. The average Bonchev–Trinajstić information content (AvgIpc) is 3.25. The molecule has 1 fully saturated rings. The summed E-state index contributed by atoms with van der Waals surface area (Å²) in [5.41, 5.74) is 0.343. The Bertz CT molecular complexity index is 773. The van der Waals surface area contributed by atoms with E-state index in [0.717, 1.165) is 24.5 Å². The van der Waals surface area contributed by atoms with E-state index in [4.69, 9.17) is 9.15 Å². The molecule has 0 spiro atoms. The van der Waals surface area contributed by atoms with Crippen LogP contribution in [0.5, 0.6) is 0 Å². The van der Waals surface area contributed by atoms with Gasteiger partial charge in [0.05, 0.1) is 18.8 Å². The second-order valence-corrected chi connectivity index (χ2v) is 8.41. The lowest BCUT2D eigenvalue weighted by Crippen LogP contribution is -2.57. The van der Waals surface area contributed by atoms with Gasteiger partial charge in [-0.2, -0.15) is 0 Å². The molecule has 2 aliphatic rings. The second kappa shape index (κ2) is 10.4. The summed E-state index contributed by atoms with van der Waals surface area (Å²) in [6, 6.07) is 1.95. The van der Waals surface area contributed by atoms with E-state index in [-0.39, 0.29) is 42.0 Å². The van der Waals surface area contributed by atoms with E-state index < -0.39 is 5.60 Å². The van der Waals surface area contributed by atoms with Crippen LogP contribution < -0.4 is 10.6 Å². The van der Waals surface area contributed by atoms with Crippen molar-refractivity contribution in [3.63, 3.8) is 0 Å². The minimum absolute atomic E-state index is 0. The van der Waals surface area contributed by atoms with Crippen molar-refractivity contribution in [2.24, 2.45) is 4.99 Å². The number of hydrogen-bond acceptors (Lipinski definition) is 7. The van der Waals surface area contributed by atoms with E-state index in [1.807, 2.05) is 27.7 Å². The van der Waals surface area contributed by atoms with E-state index in [1.54, 1.807) is 11.0 Å². The van der Waals surface area contributed by atoms with Gasteiger partial charge in [0.1, 0.15) is 5.60 Å². The number of fused-ring (bicyclic) bond motifs is 1. The Balaban J connectivity index is 0.00000320. The smallest absolute Gasteiger partial charge is 0.410 e. The van der Waals surface area contributed by atoms with Crippen LogP contribution in [0.1, 0.15) is 43.3 Å². The number of furan rings is 1. The summed E-state index contributed by atoms with van der Waals surface area (Å²) in [6.07, 6.45) is 2.02. The van der Waals surface area contributed by atoms with E-state index in [9.17, 15) is 9.59 Å². The number of nitrogens with one attached hydrogen (secondary N) is 2. The van der Waals surface area contributed by atoms with Crippen molar-refractivity contribution in [1.29, 1.82) is 0 Å². The fourth-order valence-electron chi connectivity index (χ4n) is 3.40. The zero-order valence-electron chi connectivity index (χ0n) is 18.1. The van der Waals surface area contributed by atoms with Crippen LogP contribution in [0, 0.1) is 6.92 Å². The van der Waals surface area contributed by atoms with Gasteiger partial charge in [0.25, 0.3) is 5.91 Å². The van der Waals surface area contributed by atoms with Gasteiger partial charge in [-0.25, -0.2) is 4.79 Å². The Morgan fingerprint density at radius 1 is 1.30 bits per heavy atom. The van der Waals surface area contributed by atoms with Gasteiger partial charge in [-0.1, -0.05) is 0 Å². The molecule has 0 saturated carbocycles. The summed E-state index contributed by atoms with van der Waals surface area (Å²) < 4.78 is 10.7. The molecule has 168 valence electrons. The Morgan fingerprint density at radius 2 is 2.07 bits per heavy atom. The van der Waals surface area contributed by atoms with Crippen LogP contribution >= 0.6 is 24.0 Å². The maximum Gasteiger partial charge on any atom is 0.410 e.